The van der Waals surface area contributed by atoms with Crippen molar-refractivity contribution >= 4 is 62.6 Å². The van der Waals surface area contributed by atoms with E-state index in [0.29, 0.717) is 42.9 Å². The molecule has 2 aromatic carbocycles. The molecule has 0 aliphatic carbocycles. The fraction of sp³-hybridized carbons (Fsp3) is 0.577. The number of benzene rings is 2. The number of ketones is 1. The summed E-state index contributed by atoms with van der Waals surface area (Å²) in [7, 11) is 5.17. The lowest BCUT2D eigenvalue weighted by atomic mass is 9.78. The summed E-state index contributed by atoms with van der Waals surface area (Å²) >= 11 is 2.39. The molecule has 0 radical (unpaired) electrons. The van der Waals surface area contributed by atoms with Crippen LogP contribution in [0.5, 0.6) is 17.2 Å². The second-order valence-electron chi connectivity index (χ2n) is 19.7. The highest BCUT2D eigenvalue weighted by molar-refractivity contribution is 14.1. The van der Waals surface area contributed by atoms with Crippen molar-refractivity contribution in [1.29, 1.82) is 0 Å². The summed E-state index contributed by atoms with van der Waals surface area (Å²) in [5.41, 5.74) is -0.563. The van der Waals surface area contributed by atoms with E-state index in [1.165, 1.54) is 26.2 Å². The third-order valence-corrected chi connectivity index (χ3v) is 14.6. The molecule has 0 aromatic heterocycles. The number of fused-ring (bicyclic) bond motifs is 1. The number of carbonyl (C=O) groups excluding carboxylic acids is 4. The summed E-state index contributed by atoms with van der Waals surface area (Å²) in [6.45, 7) is 15.2. The molecule has 18 nitrogen and oxygen atoms in total. The number of rotatable bonds is 10. The Kier molecular flexibility index (Phi) is 17.7. The van der Waals surface area contributed by atoms with Gasteiger partial charge in [0.1, 0.15) is 34.0 Å². The predicted molar refractivity (Wildman–Crippen MR) is 275 cm³/mol. The number of halogens is 1. The minimum atomic E-state index is -2.43. The molecule has 6 N–H and O–H groups in total. The van der Waals surface area contributed by atoms with Crippen molar-refractivity contribution in [2.24, 2.45) is 33.7 Å². The van der Waals surface area contributed by atoms with E-state index in [0.717, 1.165) is 12.8 Å². The third-order valence-electron chi connectivity index (χ3n) is 14.2. The number of phenolic OH excluding ortho intramolecular Hbond substituents is 2. The monoisotopic (exact) mass is 1100 g/mol. The summed E-state index contributed by atoms with van der Waals surface area (Å²) in [6, 6.07) is 0. The number of phenols is 2. The van der Waals surface area contributed by atoms with E-state index in [1.54, 1.807) is 46.8 Å². The molecule has 0 saturated carbocycles. The number of ether oxygens (including phenoxy) is 4. The van der Waals surface area contributed by atoms with E-state index < -0.39 is 88.7 Å². The second-order valence-corrected chi connectivity index (χ2v) is 21.8. The number of allylic oxidation sites excluding steroid dienone is 2. The van der Waals surface area contributed by atoms with Crippen molar-refractivity contribution in [3.8, 4) is 29.6 Å². The zero-order valence-corrected chi connectivity index (χ0v) is 44.4. The highest BCUT2D eigenvalue weighted by Gasteiger charge is 2.53. The number of Topliss-reactive ketones (excluding diaryl/α,β-unsaturated/α-hetero) is 1. The Morgan fingerprint density at radius 3 is 2.35 bits per heavy atom. The van der Waals surface area contributed by atoms with Crippen LogP contribution in [0.3, 0.4) is 0 Å². The number of nitrogens with zero attached hydrogens (tertiary/aromatic N) is 4. The molecule has 1 saturated heterocycles. The van der Waals surface area contributed by atoms with Crippen LogP contribution in [0.4, 0.5) is 5.69 Å². The van der Waals surface area contributed by atoms with Crippen LogP contribution in [0.15, 0.2) is 46.1 Å². The van der Waals surface area contributed by atoms with Gasteiger partial charge in [-0.3, -0.25) is 24.2 Å². The van der Waals surface area contributed by atoms with Crippen molar-refractivity contribution in [2.45, 2.75) is 114 Å². The van der Waals surface area contributed by atoms with Gasteiger partial charge in [-0.2, -0.15) is 0 Å². The lowest BCUT2D eigenvalue weighted by Crippen LogP contribution is -2.47. The van der Waals surface area contributed by atoms with Gasteiger partial charge in [-0.1, -0.05) is 75.4 Å². The Bertz CT molecular complexity index is 2650. The fourth-order valence-corrected chi connectivity index (χ4v) is 10.4. The molecule has 1 fully saturated rings. The van der Waals surface area contributed by atoms with Crippen LogP contribution in [0.25, 0.3) is 10.8 Å². The lowest BCUT2D eigenvalue weighted by molar-refractivity contribution is -0.164. The molecular formula is C52H69IN6O12. The summed E-state index contributed by atoms with van der Waals surface area (Å²) in [5.74, 6) is -6.68. The molecule has 71 heavy (non-hydrogen) atoms. The molecule has 1 unspecified atom stereocenters. The topological polar surface area (TPSA) is 241 Å². The molecule has 2 amide bonds. The van der Waals surface area contributed by atoms with Crippen LogP contribution in [-0.4, -0.2) is 148 Å². The number of terminal acetylenes is 1. The van der Waals surface area contributed by atoms with E-state index >= 15 is 0 Å². The van der Waals surface area contributed by atoms with Gasteiger partial charge in [-0.15, -0.1) is 6.42 Å². The molecule has 10 atom stereocenters. The first-order valence-corrected chi connectivity index (χ1v) is 25.4. The van der Waals surface area contributed by atoms with Gasteiger partial charge >= 0.3 is 11.8 Å². The van der Waals surface area contributed by atoms with E-state index in [2.05, 4.69) is 56.0 Å². The van der Waals surface area contributed by atoms with Crippen LogP contribution in [-0.2, 0) is 28.6 Å². The summed E-state index contributed by atoms with van der Waals surface area (Å²) in [6.07, 6.45) is 9.81. The maximum Gasteiger partial charge on any atom is 0.383 e. The normalized spacial score (nSPS) is 30.0. The van der Waals surface area contributed by atoms with Crippen molar-refractivity contribution in [2.75, 3.05) is 59.2 Å². The molecule has 4 aliphatic heterocycles. The number of piperidine rings is 1. The molecular weight excluding hydrogens is 1030 g/mol. The van der Waals surface area contributed by atoms with Crippen LogP contribution in [0.2, 0.25) is 0 Å². The second kappa shape index (κ2) is 22.8. The molecule has 1 spiro atoms. The number of esters is 1. The Balaban J connectivity index is 1.47. The average molecular weight is 1100 g/mol. The number of anilines is 1. The number of carbonyl (C=O) groups is 4. The van der Waals surface area contributed by atoms with Crippen molar-refractivity contribution in [3.05, 3.63) is 58.0 Å². The van der Waals surface area contributed by atoms with Gasteiger partial charge in [0.2, 0.25) is 5.91 Å². The van der Waals surface area contributed by atoms with Gasteiger partial charge in [0, 0.05) is 103 Å². The zero-order chi connectivity index (χ0) is 52.3. The van der Waals surface area contributed by atoms with Gasteiger partial charge in [0.15, 0.2) is 5.75 Å². The quantitative estimate of drug-likeness (QED) is 0.0649. The molecule has 4 aliphatic rings. The van der Waals surface area contributed by atoms with E-state index in [1.807, 2.05) is 19.0 Å². The van der Waals surface area contributed by atoms with Gasteiger partial charge < -0.3 is 59.8 Å². The molecule has 6 rings (SSSR count). The number of likely N-dealkylation sites (N-methyl/N-ethyl adjacent to an activating group) is 1. The Morgan fingerprint density at radius 1 is 1.03 bits per heavy atom. The first-order chi connectivity index (χ1) is 33.5. The minimum absolute atomic E-state index is 0.0490. The van der Waals surface area contributed by atoms with Crippen molar-refractivity contribution < 1.29 is 58.6 Å². The number of hydrogen-bond acceptors (Lipinski definition) is 16. The van der Waals surface area contributed by atoms with Gasteiger partial charge in [0.05, 0.1) is 47.6 Å². The number of amides is 2. The van der Waals surface area contributed by atoms with Crippen LogP contribution < -0.4 is 26.1 Å². The minimum Gasteiger partial charge on any atom is -0.507 e. The van der Waals surface area contributed by atoms with Crippen LogP contribution >= 0.6 is 22.6 Å². The lowest BCUT2D eigenvalue weighted by Gasteiger charge is -2.38. The largest absolute Gasteiger partial charge is 0.507 e. The van der Waals surface area contributed by atoms with Gasteiger partial charge in [-0.25, -0.2) is 4.99 Å². The number of likely N-dealkylation sites (tertiary alicyclic amines) is 1. The van der Waals surface area contributed by atoms with Crippen LogP contribution in [0.1, 0.15) is 83.1 Å². The molecule has 19 heteroatoms. The van der Waals surface area contributed by atoms with Crippen molar-refractivity contribution in [3.63, 3.8) is 0 Å². The standard InChI is InChI=1S/C52H69IN6O12/c1-12-52-49(66)39-37-38(45(64)33(8)48(39)71-52)46(65)42(41-40(37)56-51(57-41)19-22-59(23-20-51)26-29(4)53)55-50(67)28(3)15-13-14-27(2)43(62)31(6)44(63)32(7)47(30(5)34(68-11)18-25-69-52)70-36(61)17-16-35(60)54-21-24-58(9)10/h1,13-15,18,25,27,29-32,34,43-44,47,56,62-65H,16-17,19-24,26H2,2-11H3,(H,54,60)/b14-13+,25-18+,28-15-,55-42?/t27-,29?,30+,31+,32+,34-,43-,44+,47+,52-/m0/s1. The number of aliphatic hydroxyl groups excluding tert-OH is 2. The number of aliphatic hydroxyl groups is 2. The molecule has 386 valence electrons. The highest BCUT2D eigenvalue weighted by atomic mass is 127. The molecule has 4 bridgehead atoms. The first-order valence-electron chi connectivity index (χ1n) is 24.1. The number of nitrogens with one attached hydrogen (secondary N) is 2. The Morgan fingerprint density at radius 2 is 1.72 bits per heavy atom. The Labute approximate surface area is 428 Å². The smallest absolute Gasteiger partial charge is 0.383 e. The van der Waals surface area contributed by atoms with Gasteiger partial charge in [0.25, 0.3) is 11.7 Å². The number of hydrogen-bond donors (Lipinski definition) is 6. The molecule has 4 heterocycles. The van der Waals surface area contributed by atoms with Crippen LogP contribution in [0, 0.1) is 42.9 Å². The maximum absolute atomic E-state index is 15.0. The van der Waals surface area contributed by atoms with Gasteiger partial charge in [-0.05, 0) is 39.9 Å². The number of methoxy groups -OCH3 is 1. The fourth-order valence-electron chi connectivity index (χ4n) is 9.80. The Hall–Kier alpha value is -5.11. The average Bonchev–Trinajstić information content (AvgIpc) is 3.85. The van der Waals surface area contributed by atoms with E-state index in [-0.39, 0.29) is 68.4 Å². The summed E-state index contributed by atoms with van der Waals surface area (Å²) in [4.78, 5) is 68.9. The molecule has 2 aromatic rings. The van der Waals surface area contributed by atoms with E-state index in [9.17, 15) is 39.6 Å². The third kappa shape index (κ3) is 11.6. The number of aromatic hydroxyl groups is 2. The summed E-state index contributed by atoms with van der Waals surface area (Å²) in [5, 5.41) is 53.7. The van der Waals surface area contributed by atoms with E-state index in [4.69, 9.17) is 30.4 Å². The SMILES string of the molecule is C#C[C@@]12O/C=C/[C@H](OC)[C@@H](C)[C@@H](OC(=O)CCC(=O)NCCN(C)C)[C@H](C)[C@H](O)[C@H](C)[C@@H](O)[C@@H](C)/C=C/C=C(/C)C(=O)N=c3c(O)c4c(O)c(C)c(c(c4c4c3=NC3(CCN(CC(C)I)CC3)N4)C1=O)O2. The predicted octanol–water partition coefficient (Wildman–Crippen LogP) is 3.97. The summed E-state index contributed by atoms with van der Waals surface area (Å²) < 4.78 is 24.7. The number of alkyl halides is 1. The highest BCUT2D eigenvalue weighted by Crippen LogP contribution is 2.51. The maximum atomic E-state index is 15.0. The first kappa shape index (κ1) is 55.2. The van der Waals surface area contributed by atoms with Crippen molar-refractivity contribution in [1.82, 2.24) is 15.1 Å². The zero-order valence-electron chi connectivity index (χ0n) is 42.2.